The maximum Gasteiger partial charge on any atom is 0.237 e. The van der Waals surface area contributed by atoms with Gasteiger partial charge >= 0.3 is 0 Å². The van der Waals surface area contributed by atoms with E-state index in [-0.39, 0.29) is 11.2 Å². The van der Waals surface area contributed by atoms with E-state index in [9.17, 15) is 4.79 Å². The van der Waals surface area contributed by atoms with Crippen molar-refractivity contribution in [2.45, 2.75) is 31.8 Å². The van der Waals surface area contributed by atoms with Crippen molar-refractivity contribution in [2.24, 2.45) is 0 Å². The first-order chi connectivity index (χ1) is 12.5. The van der Waals surface area contributed by atoms with Crippen LogP contribution in [0.25, 0.3) is 11.4 Å². The van der Waals surface area contributed by atoms with E-state index >= 15 is 0 Å². The summed E-state index contributed by atoms with van der Waals surface area (Å²) in [6.45, 7) is 5.86. The van der Waals surface area contributed by atoms with Gasteiger partial charge in [-0.05, 0) is 38.0 Å². The number of benzene rings is 2. The number of nitrogens with zero attached hydrogens (tertiary/aromatic N) is 2. The Bertz CT molecular complexity index is 893. The van der Waals surface area contributed by atoms with Crippen molar-refractivity contribution < 1.29 is 9.32 Å². The lowest BCUT2D eigenvalue weighted by molar-refractivity contribution is -0.115. The summed E-state index contributed by atoms with van der Waals surface area (Å²) in [6, 6.07) is 15.7. The van der Waals surface area contributed by atoms with Crippen molar-refractivity contribution in [3.63, 3.8) is 0 Å². The smallest absolute Gasteiger partial charge is 0.237 e. The van der Waals surface area contributed by atoms with Gasteiger partial charge in [-0.2, -0.15) is 4.98 Å². The fourth-order valence-electron chi connectivity index (χ4n) is 2.39. The first-order valence-electron chi connectivity index (χ1n) is 8.40. The first kappa shape index (κ1) is 18.2. The minimum absolute atomic E-state index is 0.0356. The van der Waals surface area contributed by atoms with Crippen molar-refractivity contribution in [3.05, 3.63) is 65.5 Å². The molecule has 1 N–H and O–H groups in total. The van der Waals surface area contributed by atoms with Gasteiger partial charge in [-0.15, -0.1) is 11.8 Å². The lowest BCUT2D eigenvalue weighted by Crippen LogP contribution is -2.23. The third-order valence-electron chi connectivity index (χ3n) is 3.98. The van der Waals surface area contributed by atoms with Crippen LogP contribution in [-0.2, 0) is 10.5 Å². The van der Waals surface area contributed by atoms with E-state index in [0.29, 0.717) is 17.5 Å². The molecule has 0 spiro atoms. The van der Waals surface area contributed by atoms with Gasteiger partial charge in [0.1, 0.15) is 0 Å². The number of anilines is 1. The van der Waals surface area contributed by atoms with Gasteiger partial charge in [0.05, 0.1) is 11.0 Å². The lowest BCUT2D eigenvalue weighted by atomic mass is 10.1. The van der Waals surface area contributed by atoms with Crippen molar-refractivity contribution in [1.82, 2.24) is 10.1 Å². The van der Waals surface area contributed by atoms with E-state index < -0.39 is 0 Å². The van der Waals surface area contributed by atoms with Crippen LogP contribution >= 0.6 is 11.8 Å². The van der Waals surface area contributed by atoms with Gasteiger partial charge in [-0.1, -0.05) is 47.6 Å². The molecule has 1 atom stereocenters. The fourth-order valence-corrected chi connectivity index (χ4v) is 3.11. The van der Waals surface area contributed by atoms with E-state index in [1.807, 2.05) is 69.3 Å². The summed E-state index contributed by atoms with van der Waals surface area (Å²) < 4.78 is 5.29. The maximum atomic E-state index is 12.4. The molecule has 1 amide bonds. The van der Waals surface area contributed by atoms with Crippen LogP contribution in [0.5, 0.6) is 0 Å². The normalized spacial score (nSPS) is 12.0. The van der Waals surface area contributed by atoms with E-state index in [4.69, 9.17) is 4.52 Å². The van der Waals surface area contributed by atoms with Crippen molar-refractivity contribution in [2.75, 3.05) is 5.32 Å². The monoisotopic (exact) mass is 367 g/mol. The Balaban J connectivity index is 1.57. The molecule has 1 aromatic heterocycles. The van der Waals surface area contributed by atoms with Gasteiger partial charge in [-0.25, -0.2) is 0 Å². The summed E-state index contributed by atoms with van der Waals surface area (Å²) in [7, 11) is 0. The molecule has 0 bridgehead atoms. The van der Waals surface area contributed by atoms with E-state index in [1.165, 1.54) is 11.8 Å². The Hall–Kier alpha value is -2.60. The van der Waals surface area contributed by atoms with Gasteiger partial charge in [0.15, 0.2) is 0 Å². The number of amides is 1. The quantitative estimate of drug-likeness (QED) is 0.689. The number of hydrogen-bond donors (Lipinski definition) is 1. The number of thioether (sulfide) groups is 1. The Kier molecular flexibility index (Phi) is 5.73. The molecule has 0 saturated carbocycles. The fraction of sp³-hybridized carbons (Fsp3) is 0.250. The van der Waals surface area contributed by atoms with Gasteiger partial charge in [0.2, 0.25) is 17.6 Å². The maximum absolute atomic E-state index is 12.4. The summed E-state index contributed by atoms with van der Waals surface area (Å²) >= 11 is 1.47. The highest BCUT2D eigenvalue weighted by atomic mass is 32.2. The summed E-state index contributed by atoms with van der Waals surface area (Å²) in [6.07, 6.45) is 0. The Morgan fingerprint density at radius 1 is 1.19 bits per heavy atom. The van der Waals surface area contributed by atoms with Gasteiger partial charge < -0.3 is 9.84 Å². The second-order valence-corrected chi connectivity index (χ2v) is 7.47. The van der Waals surface area contributed by atoms with Crippen LogP contribution < -0.4 is 5.32 Å². The Labute approximate surface area is 157 Å². The van der Waals surface area contributed by atoms with Gasteiger partial charge in [0.25, 0.3) is 0 Å². The number of aryl methyl sites for hydroxylation is 2. The van der Waals surface area contributed by atoms with E-state index in [2.05, 4.69) is 15.5 Å². The molecule has 0 aliphatic rings. The zero-order valence-electron chi connectivity index (χ0n) is 15.0. The molecule has 0 unspecified atom stereocenters. The minimum atomic E-state index is -0.234. The number of hydrogen-bond acceptors (Lipinski definition) is 5. The predicted molar refractivity (Wildman–Crippen MR) is 105 cm³/mol. The SMILES string of the molecule is Cc1ccc(C)c(NC(=O)[C@H](C)SCc2nc(-c3ccccc3)no2)c1. The van der Waals surface area contributed by atoms with Crippen molar-refractivity contribution in [3.8, 4) is 11.4 Å². The third kappa shape index (κ3) is 4.52. The Morgan fingerprint density at radius 3 is 2.73 bits per heavy atom. The molecule has 3 aromatic rings. The standard InChI is InChI=1S/C20H21N3O2S/c1-13-9-10-14(2)17(11-13)21-20(24)15(3)26-12-18-22-19(23-25-18)16-7-5-4-6-8-16/h4-11,15H,12H2,1-3H3,(H,21,24)/t15-/m0/s1. The molecular formula is C20H21N3O2S. The molecule has 5 nitrogen and oxygen atoms in total. The lowest BCUT2D eigenvalue weighted by Gasteiger charge is -2.13. The molecule has 134 valence electrons. The molecule has 0 radical (unpaired) electrons. The number of carbonyl (C=O) groups is 1. The van der Waals surface area contributed by atoms with Gasteiger partial charge in [-0.3, -0.25) is 4.79 Å². The van der Waals surface area contributed by atoms with Crippen LogP contribution in [0.15, 0.2) is 53.1 Å². The van der Waals surface area contributed by atoms with Crippen molar-refractivity contribution >= 4 is 23.4 Å². The third-order valence-corrected chi connectivity index (χ3v) is 5.10. The number of aromatic nitrogens is 2. The largest absolute Gasteiger partial charge is 0.338 e. The van der Waals surface area contributed by atoms with E-state index in [1.54, 1.807) is 0 Å². The van der Waals surface area contributed by atoms with Crippen LogP contribution in [0, 0.1) is 13.8 Å². The zero-order chi connectivity index (χ0) is 18.5. The molecule has 3 rings (SSSR count). The molecule has 26 heavy (non-hydrogen) atoms. The highest BCUT2D eigenvalue weighted by Crippen LogP contribution is 2.22. The molecule has 2 aromatic carbocycles. The van der Waals surface area contributed by atoms with Crippen LogP contribution in [-0.4, -0.2) is 21.3 Å². The minimum Gasteiger partial charge on any atom is -0.338 e. The molecule has 0 aliphatic carbocycles. The summed E-state index contributed by atoms with van der Waals surface area (Å²) in [5.41, 5.74) is 3.93. The molecule has 0 saturated heterocycles. The van der Waals surface area contributed by atoms with Crippen LogP contribution in [0.4, 0.5) is 5.69 Å². The molecular weight excluding hydrogens is 346 g/mol. The average molecular weight is 367 g/mol. The topological polar surface area (TPSA) is 68.0 Å². The Morgan fingerprint density at radius 2 is 1.96 bits per heavy atom. The summed E-state index contributed by atoms with van der Waals surface area (Å²) in [4.78, 5) is 16.8. The second kappa shape index (κ2) is 8.19. The first-order valence-corrected chi connectivity index (χ1v) is 9.45. The molecule has 6 heteroatoms. The predicted octanol–water partition coefficient (Wildman–Crippen LogP) is 4.61. The van der Waals surface area contributed by atoms with Crippen LogP contribution in [0.1, 0.15) is 23.9 Å². The summed E-state index contributed by atoms with van der Waals surface area (Å²) in [5.74, 6) is 1.53. The van der Waals surface area contributed by atoms with Crippen molar-refractivity contribution in [1.29, 1.82) is 0 Å². The second-order valence-electron chi connectivity index (χ2n) is 6.14. The van der Waals surface area contributed by atoms with E-state index in [0.717, 1.165) is 22.4 Å². The van der Waals surface area contributed by atoms with Crippen LogP contribution in [0.3, 0.4) is 0 Å². The van der Waals surface area contributed by atoms with Gasteiger partial charge in [0, 0.05) is 11.3 Å². The molecule has 0 fully saturated rings. The zero-order valence-corrected chi connectivity index (χ0v) is 15.8. The highest BCUT2D eigenvalue weighted by molar-refractivity contribution is 7.99. The van der Waals surface area contributed by atoms with Crippen LogP contribution in [0.2, 0.25) is 0 Å². The average Bonchev–Trinajstić information content (AvgIpc) is 3.12. The summed E-state index contributed by atoms with van der Waals surface area (Å²) in [5, 5.41) is 6.76. The number of carbonyl (C=O) groups excluding carboxylic acids is 1. The number of rotatable bonds is 6. The molecule has 0 aliphatic heterocycles. The highest BCUT2D eigenvalue weighted by Gasteiger charge is 2.17. The number of nitrogens with one attached hydrogen (secondary N) is 1. The molecule has 1 heterocycles.